The summed E-state index contributed by atoms with van der Waals surface area (Å²) in [6.45, 7) is 0. The molecule has 1 saturated heterocycles. The molecule has 1 N–H and O–H groups in total. The molecule has 3 aliphatic rings. The minimum atomic E-state index is -0.0115. The van der Waals surface area contributed by atoms with Crippen LogP contribution in [-0.4, -0.2) is 20.8 Å². The summed E-state index contributed by atoms with van der Waals surface area (Å²) in [4.78, 5) is 6.93. The number of pyridine rings is 1. The Bertz CT molecular complexity index is 1120. The molecule has 3 heterocycles. The van der Waals surface area contributed by atoms with Crippen LogP contribution in [0.25, 0.3) is 0 Å². The van der Waals surface area contributed by atoms with Gasteiger partial charge in [0, 0.05) is 30.3 Å². The minimum absolute atomic E-state index is 0.0115. The molecular formula is C28H32N4OS. The lowest BCUT2D eigenvalue weighted by atomic mass is 9.98. The van der Waals surface area contributed by atoms with E-state index in [1.807, 2.05) is 18.3 Å². The zero-order valence-electron chi connectivity index (χ0n) is 19.5. The third kappa shape index (κ3) is 4.20. The minimum Gasteiger partial charge on any atom is -0.490 e. The third-order valence-corrected chi connectivity index (χ3v) is 7.96. The van der Waals surface area contributed by atoms with Crippen LogP contribution in [0.2, 0.25) is 0 Å². The lowest BCUT2D eigenvalue weighted by Crippen LogP contribution is -2.29. The van der Waals surface area contributed by atoms with Crippen LogP contribution >= 0.6 is 12.2 Å². The molecule has 0 bridgehead atoms. The van der Waals surface area contributed by atoms with E-state index < -0.39 is 0 Å². The van der Waals surface area contributed by atoms with Crippen LogP contribution in [0.5, 0.6) is 5.75 Å². The van der Waals surface area contributed by atoms with E-state index in [1.54, 1.807) is 0 Å². The van der Waals surface area contributed by atoms with Crippen LogP contribution in [0.3, 0.4) is 0 Å². The first-order valence-corrected chi connectivity index (χ1v) is 13.1. The second-order valence-corrected chi connectivity index (χ2v) is 10.2. The molecule has 0 unspecified atom stereocenters. The summed E-state index contributed by atoms with van der Waals surface area (Å²) < 4.78 is 8.61. The zero-order valence-corrected chi connectivity index (χ0v) is 20.3. The molecule has 176 valence electrons. The van der Waals surface area contributed by atoms with E-state index in [9.17, 15) is 0 Å². The summed E-state index contributed by atoms with van der Waals surface area (Å²) in [5, 5.41) is 4.31. The highest BCUT2D eigenvalue weighted by Gasteiger charge is 2.41. The first kappa shape index (κ1) is 21.7. The molecular weight excluding hydrogens is 440 g/mol. The van der Waals surface area contributed by atoms with E-state index in [2.05, 4.69) is 68.6 Å². The molecule has 3 fully saturated rings. The van der Waals surface area contributed by atoms with Crippen molar-refractivity contribution in [1.29, 1.82) is 0 Å². The molecule has 3 aromatic rings. The molecule has 6 rings (SSSR count). The number of nitrogens with one attached hydrogen (secondary N) is 1. The van der Waals surface area contributed by atoms with Crippen molar-refractivity contribution in [3.8, 4) is 5.75 Å². The number of ether oxygens (including phenoxy) is 1. The summed E-state index contributed by atoms with van der Waals surface area (Å²) >= 11 is 5.89. The van der Waals surface area contributed by atoms with Gasteiger partial charge in [-0.05, 0) is 98.8 Å². The van der Waals surface area contributed by atoms with Crippen LogP contribution in [0.1, 0.15) is 80.7 Å². The van der Waals surface area contributed by atoms with Crippen LogP contribution in [0.15, 0.2) is 67.1 Å². The fourth-order valence-corrected chi connectivity index (χ4v) is 6.24. The van der Waals surface area contributed by atoms with Crippen LogP contribution < -0.4 is 15.0 Å². The molecule has 34 heavy (non-hydrogen) atoms. The van der Waals surface area contributed by atoms with Gasteiger partial charge in [-0.15, -0.1) is 0 Å². The molecule has 0 amide bonds. The normalized spacial score (nSPS) is 23.5. The predicted octanol–water partition coefficient (Wildman–Crippen LogP) is 6.50. The summed E-state index contributed by atoms with van der Waals surface area (Å²) in [6, 6.07) is 17.5. The third-order valence-electron chi connectivity index (χ3n) is 7.64. The van der Waals surface area contributed by atoms with Gasteiger partial charge in [0.1, 0.15) is 5.75 Å². The van der Waals surface area contributed by atoms with E-state index in [0.29, 0.717) is 12.1 Å². The first-order chi connectivity index (χ1) is 16.8. The molecule has 5 nitrogen and oxygen atoms in total. The highest BCUT2D eigenvalue weighted by Crippen LogP contribution is 2.43. The van der Waals surface area contributed by atoms with Crippen molar-refractivity contribution in [2.24, 2.45) is 0 Å². The second kappa shape index (κ2) is 9.41. The molecule has 6 heteroatoms. The van der Waals surface area contributed by atoms with Crippen molar-refractivity contribution < 1.29 is 4.74 Å². The average Bonchev–Trinajstić information content (AvgIpc) is 3.66. The maximum absolute atomic E-state index is 6.20. The van der Waals surface area contributed by atoms with Crippen molar-refractivity contribution >= 4 is 23.0 Å². The van der Waals surface area contributed by atoms with E-state index in [1.165, 1.54) is 44.1 Å². The Kier molecular flexibility index (Phi) is 6.00. The Balaban J connectivity index is 1.32. The largest absolute Gasteiger partial charge is 0.490 e. The number of aromatic nitrogens is 2. The Labute approximate surface area is 207 Å². The van der Waals surface area contributed by atoms with Gasteiger partial charge in [0.05, 0.1) is 23.9 Å². The van der Waals surface area contributed by atoms with Crippen molar-refractivity contribution in [1.82, 2.24) is 14.9 Å². The standard InChI is InChI=1S/C28H32N4OS/c34-28-30-26(25-11-5-6-17-29-25)27(20-16-18-31(19-20)21-7-1-2-8-21)32(28)22-12-14-24(15-13-22)33-23-9-3-4-10-23/h5-6,11-19,21,23,26-27H,1-4,7-10H2,(H,30,34)/t26-,27-/m1/s1. The van der Waals surface area contributed by atoms with Gasteiger partial charge < -0.3 is 19.5 Å². The number of rotatable bonds is 6. The fraction of sp³-hybridized carbons (Fsp3) is 0.429. The summed E-state index contributed by atoms with van der Waals surface area (Å²) in [5.74, 6) is 0.943. The maximum atomic E-state index is 6.20. The smallest absolute Gasteiger partial charge is 0.174 e. The van der Waals surface area contributed by atoms with Gasteiger partial charge in [-0.25, -0.2) is 0 Å². The van der Waals surface area contributed by atoms with Crippen molar-refractivity contribution in [2.75, 3.05) is 4.90 Å². The van der Waals surface area contributed by atoms with Crippen molar-refractivity contribution in [3.63, 3.8) is 0 Å². The zero-order chi connectivity index (χ0) is 22.9. The quantitative estimate of drug-likeness (QED) is 0.415. The molecule has 0 radical (unpaired) electrons. The van der Waals surface area contributed by atoms with E-state index >= 15 is 0 Å². The van der Waals surface area contributed by atoms with Gasteiger partial charge in [-0.2, -0.15) is 0 Å². The Morgan fingerprint density at radius 2 is 1.68 bits per heavy atom. The monoisotopic (exact) mass is 472 g/mol. The topological polar surface area (TPSA) is 42.3 Å². The van der Waals surface area contributed by atoms with E-state index in [-0.39, 0.29) is 12.1 Å². The van der Waals surface area contributed by atoms with Crippen LogP contribution in [0, 0.1) is 0 Å². The SMILES string of the molecule is S=C1N[C@H](c2ccccn2)[C@@H](c2ccn(C3CCCC3)c2)N1c1ccc(OC2CCCC2)cc1. The van der Waals surface area contributed by atoms with Crippen LogP contribution in [0.4, 0.5) is 5.69 Å². The molecule has 2 aliphatic carbocycles. The lowest BCUT2D eigenvalue weighted by molar-refractivity contribution is 0.210. The van der Waals surface area contributed by atoms with Gasteiger partial charge in [-0.1, -0.05) is 18.9 Å². The molecule has 1 aliphatic heterocycles. The number of thiocarbonyl (C=S) groups is 1. The van der Waals surface area contributed by atoms with Crippen molar-refractivity contribution in [2.45, 2.75) is 75.6 Å². The van der Waals surface area contributed by atoms with Gasteiger partial charge in [0.15, 0.2) is 5.11 Å². The molecule has 2 atom stereocenters. The van der Waals surface area contributed by atoms with Gasteiger partial charge in [-0.3, -0.25) is 4.98 Å². The Morgan fingerprint density at radius 3 is 2.41 bits per heavy atom. The predicted molar refractivity (Wildman–Crippen MR) is 139 cm³/mol. The summed E-state index contributed by atoms with van der Waals surface area (Å²) in [5.41, 5.74) is 3.35. The highest BCUT2D eigenvalue weighted by molar-refractivity contribution is 7.80. The Morgan fingerprint density at radius 1 is 0.912 bits per heavy atom. The second-order valence-electron chi connectivity index (χ2n) is 9.85. The van der Waals surface area contributed by atoms with Crippen molar-refractivity contribution in [3.05, 3.63) is 78.4 Å². The molecule has 2 aromatic heterocycles. The fourth-order valence-electron chi connectivity index (χ4n) is 5.89. The van der Waals surface area contributed by atoms with E-state index in [0.717, 1.165) is 35.1 Å². The summed E-state index contributed by atoms with van der Waals surface area (Å²) in [7, 11) is 0. The average molecular weight is 473 g/mol. The van der Waals surface area contributed by atoms with Gasteiger partial charge in [0.25, 0.3) is 0 Å². The lowest BCUT2D eigenvalue weighted by Gasteiger charge is -2.27. The first-order valence-electron chi connectivity index (χ1n) is 12.7. The molecule has 2 saturated carbocycles. The summed E-state index contributed by atoms with van der Waals surface area (Å²) in [6.07, 6.45) is 16.8. The number of benzene rings is 1. The number of anilines is 1. The number of hydrogen-bond donors (Lipinski definition) is 1. The number of nitrogens with zero attached hydrogens (tertiary/aromatic N) is 3. The molecule has 1 aromatic carbocycles. The maximum Gasteiger partial charge on any atom is 0.174 e. The van der Waals surface area contributed by atoms with Crippen LogP contribution in [-0.2, 0) is 0 Å². The van der Waals surface area contributed by atoms with E-state index in [4.69, 9.17) is 17.0 Å². The molecule has 0 spiro atoms. The van der Waals surface area contributed by atoms with Gasteiger partial charge >= 0.3 is 0 Å². The highest BCUT2D eigenvalue weighted by atomic mass is 32.1. The Hall–Kier alpha value is -2.86. The number of hydrogen-bond acceptors (Lipinski definition) is 3. The van der Waals surface area contributed by atoms with Gasteiger partial charge in [0.2, 0.25) is 0 Å².